The topological polar surface area (TPSA) is 119 Å². The number of amides is 2. The third kappa shape index (κ3) is 8.91. The molecule has 2 aromatic carbocycles. The number of methoxy groups -OCH3 is 2. The van der Waals surface area contributed by atoms with Gasteiger partial charge in [0.2, 0.25) is 0 Å². The van der Waals surface area contributed by atoms with E-state index in [1.165, 1.54) is 0 Å². The van der Waals surface area contributed by atoms with Gasteiger partial charge in [-0.15, -0.1) is 0 Å². The average molecular weight is 585 g/mol. The van der Waals surface area contributed by atoms with Crippen LogP contribution in [0.4, 0.5) is 0 Å². The van der Waals surface area contributed by atoms with Crippen LogP contribution in [0.25, 0.3) is 0 Å². The fraction of sp³-hybridized carbons (Fsp3) is 0.562. The Morgan fingerprint density at radius 1 is 0.595 bits per heavy atom. The molecule has 1 fully saturated rings. The highest BCUT2D eigenvalue weighted by Gasteiger charge is 2.41. The van der Waals surface area contributed by atoms with Gasteiger partial charge in [0.25, 0.3) is 11.8 Å². The van der Waals surface area contributed by atoms with Crippen molar-refractivity contribution in [3.05, 3.63) is 59.7 Å². The Balaban J connectivity index is 1.80. The summed E-state index contributed by atoms with van der Waals surface area (Å²) in [6.07, 6.45) is 0. The molecule has 0 spiro atoms. The maximum absolute atomic E-state index is 13.7. The number of para-hydroxylation sites is 2. The highest BCUT2D eigenvalue weighted by atomic mass is 16.5. The summed E-state index contributed by atoms with van der Waals surface area (Å²) >= 11 is 0. The van der Waals surface area contributed by atoms with Crippen LogP contribution in [0.5, 0.6) is 11.5 Å². The molecule has 0 bridgehead atoms. The second-order valence-electron chi connectivity index (χ2n) is 12.5. The fourth-order valence-corrected chi connectivity index (χ4v) is 4.71. The van der Waals surface area contributed by atoms with Crippen molar-refractivity contribution in [3.63, 3.8) is 0 Å². The Hall–Kier alpha value is -3.18. The largest absolute Gasteiger partial charge is 0.496 e. The van der Waals surface area contributed by atoms with Crippen molar-refractivity contribution in [2.45, 2.75) is 77.0 Å². The van der Waals surface area contributed by atoms with E-state index in [4.69, 9.17) is 18.9 Å². The lowest BCUT2D eigenvalue weighted by Gasteiger charge is -2.39. The molecule has 2 amide bonds. The smallest absolute Gasteiger partial charge is 0.253 e. The van der Waals surface area contributed by atoms with Crippen molar-refractivity contribution in [2.75, 3.05) is 40.4 Å². The second kappa shape index (κ2) is 13.9. The van der Waals surface area contributed by atoms with Crippen LogP contribution >= 0.6 is 0 Å². The van der Waals surface area contributed by atoms with E-state index in [0.29, 0.717) is 24.6 Å². The zero-order valence-corrected chi connectivity index (χ0v) is 26.3. The fourth-order valence-electron chi connectivity index (χ4n) is 4.71. The highest BCUT2D eigenvalue weighted by molar-refractivity contribution is 5.86. The van der Waals surface area contributed by atoms with Crippen molar-refractivity contribution in [3.8, 4) is 11.5 Å². The summed E-state index contributed by atoms with van der Waals surface area (Å²) in [6, 6.07) is 15.1. The molecule has 2 atom stereocenters. The summed E-state index contributed by atoms with van der Waals surface area (Å²) in [5, 5.41) is 13.0. The van der Waals surface area contributed by atoms with Crippen LogP contribution in [0.2, 0.25) is 0 Å². The third-order valence-corrected chi connectivity index (χ3v) is 7.40. The first-order chi connectivity index (χ1) is 19.7. The van der Waals surface area contributed by atoms with Gasteiger partial charge in [0.15, 0.2) is 11.2 Å². The third-order valence-electron chi connectivity index (χ3n) is 7.40. The first-order valence-electron chi connectivity index (χ1n) is 14.3. The van der Waals surface area contributed by atoms with Crippen LogP contribution in [0.1, 0.15) is 52.7 Å². The lowest BCUT2D eigenvalue weighted by Crippen LogP contribution is -2.64. The van der Waals surface area contributed by atoms with Gasteiger partial charge in [-0.05, 0) is 53.7 Å². The van der Waals surface area contributed by atoms with Crippen LogP contribution in [-0.2, 0) is 32.3 Å². The van der Waals surface area contributed by atoms with Crippen molar-refractivity contribution >= 4 is 11.8 Å². The normalized spacial score (nSPS) is 25.0. The number of hydrogen-bond acceptors (Lipinski definition) is 8. The minimum Gasteiger partial charge on any atom is -0.496 e. The summed E-state index contributed by atoms with van der Waals surface area (Å²) in [4.78, 5) is 27.4. The molecule has 2 aromatic rings. The first-order valence-corrected chi connectivity index (χ1v) is 14.3. The standard InChI is InChI=1S/C32H48N4O6/c1-29(2)19-33-21-32(6,42-18-24-14-10-12-16-26(24)40-8)28(38)36-30(3,4)20-34-22-31(5,27(37)35-29)41-17-23-13-9-11-15-25(23)39-7/h9-16,33-34H,17-22H2,1-8H3,(H,35,37)(H,36,38)/t31-,32-/m1/s1. The molecule has 3 rings (SSSR count). The maximum atomic E-state index is 13.7. The van der Waals surface area contributed by atoms with Crippen molar-refractivity contribution < 1.29 is 28.5 Å². The van der Waals surface area contributed by atoms with Crippen LogP contribution in [0, 0.1) is 0 Å². The monoisotopic (exact) mass is 584 g/mol. The van der Waals surface area contributed by atoms with Crippen LogP contribution in [-0.4, -0.2) is 74.5 Å². The molecule has 0 radical (unpaired) electrons. The molecule has 232 valence electrons. The Labute approximate surface area is 250 Å². The summed E-state index contributed by atoms with van der Waals surface area (Å²) < 4.78 is 23.5. The van der Waals surface area contributed by atoms with E-state index in [9.17, 15) is 9.59 Å². The molecule has 0 unspecified atom stereocenters. The minimum atomic E-state index is -1.20. The van der Waals surface area contributed by atoms with E-state index in [1.807, 2.05) is 76.2 Å². The molecule has 1 saturated heterocycles. The van der Waals surface area contributed by atoms with Gasteiger partial charge >= 0.3 is 0 Å². The van der Waals surface area contributed by atoms with E-state index in [1.54, 1.807) is 28.1 Å². The second-order valence-corrected chi connectivity index (χ2v) is 12.5. The molecule has 0 saturated carbocycles. The van der Waals surface area contributed by atoms with Crippen LogP contribution < -0.4 is 30.7 Å². The number of carbonyl (C=O) groups is 2. The Kier molecular flexibility index (Phi) is 11.0. The first kappa shape index (κ1) is 33.3. The Morgan fingerprint density at radius 2 is 0.952 bits per heavy atom. The van der Waals surface area contributed by atoms with Gasteiger partial charge in [-0.2, -0.15) is 0 Å². The molecule has 10 heteroatoms. The van der Waals surface area contributed by atoms with Gasteiger partial charge in [0.1, 0.15) is 11.5 Å². The maximum Gasteiger partial charge on any atom is 0.253 e. The molecule has 1 aliphatic rings. The molecule has 1 heterocycles. The van der Waals surface area contributed by atoms with Crippen LogP contribution in [0.15, 0.2) is 48.5 Å². The predicted molar refractivity (Wildman–Crippen MR) is 163 cm³/mol. The van der Waals surface area contributed by atoms with Gasteiger partial charge in [-0.1, -0.05) is 36.4 Å². The van der Waals surface area contributed by atoms with E-state index in [0.717, 1.165) is 11.1 Å². The molecule has 4 N–H and O–H groups in total. The quantitative estimate of drug-likeness (QED) is 0.374. The molecular weight excluding hydrogens is 536 g/mol. The Morgan fingerprint density at radius 3 is 1.31 bits per heavy atom. The van der Waals surface area contributed by atoms with Crippen LogP contribution in [0.3, 0.4) is 0 Å². The molecule has 42 heavy (non-hydrogen) atoms. The van der Waals surface area contributed by atoms with Crippen molar-refractivity contribution in [1.29, 1.82) is 0 Å². The number of ether oxygens (including phenoxy) is 4. The molecule has 10 nitrogen and oxygen atoms in total. The molecule has 0 aromatic heterocycles. The number of benzene rings is 2. The zero-order chi connectivity index (χ0) is 31.0. The zero-order valence-electron chi connectivity index (χ0n) is 26.3. The number of nitrogens with one attached hydrogen (secondary N) is 4. The summed E-state index contributed by atoms with van der Waals surface area (Å²) in [5.41, 5.74) is -2.03. The van der Waals surface area contributed by atoms with E-state index in [2.05, 4.69) is 21.3 Å². The number of carbonyl (C=O) groups excluding carboxylic acids is 2. The summed E-state index contributed by atoms with van der Waals surface area (Å²) in [5.74, 6) is 0.899. The van der Waals surface area contributed by atoms with E-state index < -0.39 is 22.3 Å². The molecule has 1 aliphatic heterocycles. The van der Waals surface area contributed by atoms with E-state index >= 15 is 0 Å². The van der Waals surface area contributed by atoms with Gasteiger partial charge in [0.05, 0.1) is 27.4 Å². The lowest BCUT2D eigenvalue weighted by molar-refractivity contribution is -0.150. The predicted octanol–water partition coefficient (Wildman–Crippen LogP) is 2.94. The lowest BCUT2D eigenvalue weighted by atomic mass is 9.96. The van der Waals surface area contributed by atoms with Crippen molar-refractivity contribution in [2.24, 2.45) is 0 Å². The molecular formula is C32H48N4O6. The van der Waals surface area contributed by atoms with Gasteiger partial charge in [-0.3, -0.25) is 9.59 Å². The number of hydrogen-bond donors (Lipinski definition) is 4. The molecule has 0 aliphatic carbocycles. The van der Waals surface area contributed by atoms with Gasteiger partial charge in [-0.25, -0.2) is 0 Å². The van der Waals surface area contributed by atoms with Gasteiger partial charge < -0.3 is 40.2 Å². The Bertz CT molecular complexity index is 1130. The summed E-state index contributed by atoms with van der Waals surface area (Å²) in [6.45, 7) is 12.8. The van der Waals surface area contributed by atoms with E-state index in [-0.39, 0.29) is 38.1 Å². The average Bonchev–Trinajstić information content (AvgIpc) is 2.94. The SMILES string of the molecule is COc1ccccc1CO[C@]1(C)CNCC(C)(C)NC(=O)[C@](C)(OCc2ccccc2OC)CNCC(C)(C)NC1=O. The number of rotatable bonds is 8. The summed E-state index contributed by atoms with van der Waals surface area (Å²) in [7, 11) is 3.22. The highest BCUT2D eigenvalue weighted by Crippen LogP contribution is 2.24. The van der Waals surface area contributed by atoms with Crippen molar-refractivity contribution in [1.82, 2.24) is 21.3 Å². The minimum absolute atomic E-state index is 0.191. The van der Waals surface area contributed by atoms with Gasteiger partial charge in [0, 0.05) is 48.4 Å².